The van der Waals surface area contributed by atoms with Crippen molar-refractivity contribution >= 4 is 33.7 Å². The molecule has 2 aromatic carbocycles. The van der Waals surface area contributed by atoms with Gasteiger partial charge >= 0.3 is 5.97 Å². The van der Waals surface area contributed by atoms with Gasteiger partial charge in [-0.15, -0.1) is 0 Å². The van der Waals surface area contributed by atoms with Crippen LogP contribution in [0.2, 0.25) is 0 Å². The third-order valence-electron chi connectivity index (χ3n) is 4.64. The molecule has 1 aliphatic rings. The lowest BCUT2D eigenvalue weighted by Crippen LogP contribution is -2.30. The molecule has 1 amide bonds. The van der Waals surface area contributed by atoms with Crippen LogP contribution in [0.25, 0.3) is 6.08 Å². The van der Waals surface area contributed by atoms with E-state index in [9.17, 15) is 18.0 Å². The molecule has 1 N–H and O–H groups in total. The Balaban J connectivity index is 1.50. The van der Waals surface area contributed by atoms with Crippen molar-refractivity contribution in [2.45, 2.75) is 18.7 Å². The number of ether oxygens (including phenoxy) is 3. The summed E-state index contributed by atoms with van der Waals surface area (Å²) in [6, 6.07) is 11.1. The van der Waals surface area contributed by atoms with Crippen LogP contribution < -0.4 is 14.8 Å². The number of sulfonamides is 1. The van der Waals surface area contributed by atoms with Crippen molar-refractivity contribution in [2.75, 3.05) is 31.8 Å². The van der Waals surface area contributed by atoms with Crippen LogP contribution in [-0.4, -0.2) is 51.1 Å². The van der Waals surface area contributed by atoms with E-state index in [2.05, 4.69) is 5.32 Å². The van der Waals surface area contributed by atoms with E-state index in [4.69, 9.17) is 14.2 Å². The summed E-state index contributed by atoms with van der Waals surface area (Å²) in [5, 5.41) is 2.60. The zero-order valence-corrected chi connectivity index (χ0v) is 18.6. The van der Waals surface area contributed by atoms with Gasteiger partial charge in [0, 0.05) is 30.9 Å². The highest BCUT2D eigenvalue weighted by Gasteiger charge is 2.21. The molecule has 0 fully saturated rings. The van der Waals surface area contributed by atoms with Gasteiger partial charge in [-0.2, -0.15) is 4.31 Å². The molecular weight excluding hydrogens is 436 g/mol. The predicted octanol–water partition coefficient (Wildman–Crippen LogP) is 2.64. The number of rotatable bonds is 9. The Kier molecular flexibility index (Phi) is 7.49. The first-order valence-electron chi connectivity index (χ1n) is 9.98. The molecule has 0 radical (unpaired) electrons. The molecule has 2 aromatic rings. The second-order valence-electron chi connectivity index (χ2n) is 6.72. The van der Waals surface area contributed by atoms with Crippen LogP contribution in [0.4, 0.5) is 5.69 Å². The Morgan fingerprint density at radius 2 is 1.75 bits per heavy atom. The number of carbonyl (C=O) groups is 2. The summed E-state index contributed by atoms with van der Waals surface area (Å²) in [6.07, 6.45) is 2.65. The van der Waals surface area contributed by atoms with Crippen LogP contribution in [0.15, 0.2) is 53.4 Å². The van der Waals surface area contributed by atoms with E-state index in [0.717, 1.165) is 0 Å². The van der Waals surface area contributed by atoms with Gasteiger partial charge in [0.1, 0.15) is 0 Å². The van der Waals surface area contributed by atoms with Crippen LogP contribution in [-0.2, 0) is 24.3 Å². The van der Waals surface area contributed by atoms with Crippen LogP contribution >= 0.6 is 0 Å². The van der Waals surface area contributed by atoms with Crippen LogP contribution in [0.5, 0.6) is 11.5 Å². The smallest absolute Gasteiger partial charge is 0.331 e. The minimum atomic E-state index is -3.54. The fraction of sp³-hybridized carbons (Fsp3) is 0.273. The average molecular weight is 461 g/mol. The summed E-state index contributed by atoms with van der Waals surface area (Å²) >= 11 is 0. The highest BCUT2D eigenvalue weighted by molar-refractivity contribution is 7.89. The lowest BCUT2D eigenvalue weighted by atomic mass is 10.2. The van der Waals surface area contributed by atoms with Gasteiger partial charge in [-0.1, -0.05) is 26.0 Å². The topological polar surface area (TPSA) is 111 Å². The second-order valence-corrected chi connectivity index (χ2v) is 8.65. The Morgan fingerprint density at radius 1 is 1.06 bits per heavy atom. The van der Waals surface area contributed by atoms with Crippen molar-refractivity contribution in [2.24, 2.45) is 0 Å². The van der Waals surface area contributed by atoms with Gasteiger partial charge in [0.15, 0.2) is 18.1 Å². The number of benzene rings is 2. The van der Waals surface area contributed by atoms with E-state index in [1.54, 1.807) is 44.2 Å². The zero-order chi connectivity index (χ0) is 23.1. The molecule has 10 heteroatoms. The predicted molar refractivity (Wildman–Crippen MR) is 118 cm³/mol. The summed E-state index contributed by atoms with van der Waals surface area (Å²) in [4.78, 5) is 24.1. The lowest BCUT2D eigenvalue weighted by molar-refractivity contribution is -0.142. The van der Waals surface area contributed by atoms with Crippen LogP contribution in [0, 0.1) is 0 Å². The molecule has 9 nitrogen and oxygen atoms in total. The summed E-state index contributed by atoms with van der Waals surface area (Å²) in [7, 11) is -3.54. The maximum atomic E-state index is 12.5. The maximum Gasteiger partial charge on any atom is 0.331 e. The summed E-state index contributed by atoms with van der Waals surface area (Å²) in [5.41, 5.74) is 1.11. The van der Waals surface area contributed by atoms with Crippen molar-refractivity contribution in [3.05, 3.63) is 54.1 Å². The van der Waals surface area contributed by atoms with Crippen LogP contribution in [0.1, 0.15) is 19.4 Å². The summed E-state index contributed by atoms with van der Waals surface area (Å²) < 4.78 is 41.7. The molecule has 3 rings (SSSR count). The van der Waals surface area contributed by atoms with E-state index in [1.807, 2.05) is 0 Å². The van der Waals surface area contributed by atoms with Gasteiger partial charge in [-0.05, 0) is 35.9 Å². The minimum absolute atomic E-state index is 0.130. The molecule has 0 saturated carbocycles. The van der Waals surface area contributed by atoms with E-state index in [-0.39, 0.29) is 11.7 Å². The molecule has 0 saturated heterocycles. The number of nitrogens with zero attached hydrogens (tertiary/aromatic N) is 1. The molecular formula is C22H24N2O7S. The van der Waals surface area contributed by atoms with E-state index < -0.39 is 28.5 Å². The molecule has 1 heterocycles. The fourth-order valence-electron chi connectivity index (χ4n) is 2.98. The van der Waals surface area contributed by atoms with Crippen molar-refractivity contribution < 1.29 is 32.2 Å². The lowest BCUT2D eigenvalue weighted by Gasteiger charge is -2.18. The number of anilines is 1. The summed E-state index contributed by atoms with van der Waals surface area (Å²) in [5.74, 6) is -0.0841. The molecule has 0 aromatic heterocycles. The number of carbonyl (C=O) groups excluding carboxylic acids is 2. The second kappa shape index (κ2) is 10.3. The standard InChI is InChI=1S/C22H24N2O7S/c1-3-24(4-2)32(27,28)18-9-5-16(6-10-18)7-12-22(26)29-14-21(25)23-17-8-11-19-20(13-17)31-15-30-19/h5-13H,3-4,14-15H2,1-2H3,(H,23,25)/b12-7+. The molecule has 0 aliphatic carbocycles. The van der Waals surface area contributed by atoms with Gasteiger partial charge in [0.2, 0.25) is 16.8 Å². The molecule has 0 unspecified atom stereocenters. The normalized spacial score (nSPS) is 12.8. The number of fused-ring (bicyclic) bond motifs is 1. The fourth-order valence-corrected chi connectivity index (χ4v) is 4.44. The molecule has 170 valence electrons. The Hall–Kier alpha value is -3.37. The average Bonchev–Trinajstić information content (AvgIpc) is 3.25. The monoisotopic (exact) mass is 460 g/mol. The van der Waals surface area contributed by atoms with Gasteiger partial charge in [-0.25, -0.2) is 13.2 Å². The Morgan fingerprint density at radius 3 is 2.44 bits per heavy atom. The van der Waals surface area contributed by atoms with Gasteiger partial charge < -0.3 is 19.5 Å². The van der Waals surface area contributed by atoms with Crippen LogP contribution in [0.3, 0.4) is 0 Å². The van der Waals surface area contributed by atoms with Crippen molar-refractivity contribution in [1.82, 2.24) is 4.31 Å². The first-order valence-corrected chi connectivity index (χ1v) is 11.4. The third-order valence-corrected chi connectivity index (χ3v) is 6.70. The number of hydrogen-bond acceptors (Lipinski definition) is 7. The number of esters is 1. The molecule has 32 heavy (non-hydrogen) atoms. The largest absolute Gasteiger partial charge is 0.454 e. The number of amides is 1. The first kappa shape index (κ1) is 23.3. The number of hydrogen-bond donors (Lipinski definition) is 1. The third kappa shape index (κ3) is 5.65. The van der Waals surface area contributed by atoms with Gasteiger partial charge in [-0.3, -0.25) is 4.79 Å². The van der Waals surface area contributed by atoms with Gasteiger partial charge in [0.05, 0.1) is 4.90 Å². The Labute approximate surface area is 186 Å². The van der Waals surface area contributed by atoms with E-state index >= 15 is 0 Å². The number of nitrogens with one attached hydrogen (secondary N) is 1. The molecule has 0 atom stereocenters. The van der Waals surface area contributed by atoms with Crippen molar-refractivity contribution in [3.63, 3.8) is 0 Å². The maximum absolute atomic E-state index is 12.5. The zero-order valence-electron chi connectivity index (χ0n) is 17.7. The Bertz CT molecular complexity index is 1110. The highest BCUT2D eigenvalue weighted by Crippen LogP contribution is 2.34. The highest BCUT2D eigenvalue weighted by atomic mass is 32.2. The summed E-state index contributed by atoms with van der Waals surface area (Å²) in [6.45, 7) is 3.99. The minimum Gasteiger partial charge on any atom is -0.454 e. The molecule has 1 aliphatic heterocycles. The molecule has 0 bridgehead atoms. The van der Waals surface area contributed by atoms with Gasteiger partial charge in [0.25, 0.3) is 5.91 Å². The first-order chi connectivity index (χ1) is 15.3. The van der Waals surface area contributed by atoms with Crippen molar-refractivity contribution in [3.8, 4) is 11.5 Å². The quantitative estimate of drug-likeness (QED) is 0.452. The van der Waals surface area contributed by atoms with E-state index in [1.165, 1.54) is 28.6 Å². The van der Waals surface area contributed by atoms with Crippen molar-refractivity contribution in [1.29, 1.82) is 0 Å². The SMILES string of the molecule is CCN(CC)S(=O)(=O)c1ccc(/C=C/C(=O)OCC(=O)Nc2ccc3c(c2)OCO3)cc1. The molecule has 0 spiro atoms. The van der Waals surface area contributed by atoms with E-state index in [0.29, 0.717) is 35.8 Å².